The molecule has 4 heteroatoms. The lowest BCUT2D eigenvalue weighted by molar-refractivity contribution is 0.534. The van der Waals surface area contributed by atoms with E-state index in [4.69, 9.17) is 11.6 Å². The van der Waals surface area contributed by atoms with Crippen molar-refractivity contribution in [2.75, 3.05) is 6.54 Å². The van der Waals surface area contributed by atoms with Crippen LogP contribution in [0, 0.1) is 6.92 Å². The van der Waals surface area contributed by atoms with Crippen LogP contribution in [-0.2, 0) is 6.42 Å². The summed E-state index contributed by atoms with van der Waals surface area (Å²) in [4.78, 5) is 5.45. The number of pyridine rings is 1. The molecule has 0 aliphatic heterocycles. The molecule has 1 N–H and O–H groups in total. The maximum atomic E-state index is 6.22. The lowest BCUT2D eigenvalue weighted by Gasteiger charge is -2.19. The minimum Gasteiger partial charge on any atom is -0.309 e. The average molecular weight is 295 g/mol. The van der Waals surface area contributed by atoms with Gasteiger partial charge >= 0.3 is 0 Å². The monoisotopic (exact) mass is 294 g/mol. The van der Waals surface area contributed by atoms with Gasteiger partial charge in [0.2, 0.25) is 0 Å². The SMILES string of the molecule is CCCNC(Cc1ccncc1Cl)c1sccc1C. The van der Waals surface area contributed by atoms with Crippen molar-refractivity contribution < 1.29 is 0 Å². The van der Waals surface area contributed by atoms with Crippen LogP contribution in [0.4, 0.5) is 0 Å². The van der Waals surface area contributed by atoms with Gasteiger partial charge in [0, 0.05) is 23.3 Å². The molecular weight excluding hydrogens is 276 g/mol. The van der Waals surface area contributed by atoms with Gasteiger partial charge in [0.1, 0.15) is 0 Å². The molecule has 2 nitrogen and oxygen atoms in total. The summed E-state index contributed by atoms with van der Waals surface area (Å²) in [5, 5.41) is 6.52. The van der Waals surface area contributed by atoms with Crippen LogP contribution in [-0.4, -0.2) is 11.5 Å². The van der Waals surface area contributed by atoms with E-state index in [9.17, 15) is 0 Å². The summed E-state index contributed by atoms with van der Waals surface area (Å²) in [6.45, 7) is 5.37. The van der Waals surface area contributed by atoms with Crippen molar-refractivity contribution in [3.05, 3.63) is 50.9 Å². The van der Waals surface area contributed by atoms with Crippen molar-refractivity contribution in [3.8, 4) is 0 Å². The van der Waals surface area contributed by atoms with Crippen molar-refractivity contribution in [1.29, 1.82) is 0 Å². The predicted octanol–water partition coefficient (Wildman–Crippen LogP) is 4.39. The van der Waals surface area contributed by atoms with Gasteiger partial charge < -0.3 is 5.32 Å². The van der Waals surface area contributed by atoms with E-state index in [-0.39, 0.29) is 0 Å². The molecule has 0 saturated heterocycles. The molecule has 0 fully saturated rings. The third-order valence-electron chi connectivity index (χ3n) is 3.14. The second-order valence-corrected chi connectivity index (χ2v) is 6.00. The molecule has 0 aromatic carbocycles. The van der Waals surface area contributed by atoms with Gasteiger partial charge in [-0.2, -0.15) is 0 Å². The summed E-state index contributed by atoms with van der Waals surface area (Å²) in [7, 11) is 0. The number of nitrogens with zero attached hydrogens (tertiary/aromatic N) is 1. The van der Waals surface area contributed by atoms with Crippen LogP contribution >= 0.6 is 22.9 Å². The Morgan fingerprint density at radius 1 is 1.42 bits per heavy atom. The van der Waals surface area contributed by atoms with Crippen molar-refractivity contribution in [2.45, 2.75) is 32.7 Å². The Labute approximate surface area is 123 Å². The highest BCUT2D eigenvalue weighted by Gasteiger charge is 2.16. The van der Waals surface area contributed by atoms with Crippen LogP contribution in [0.3, 0.4) is 0 Å². The van der Waals surface area contributed by atoms with Crippen LogP contribution in [0.1, 0.15) is 35.4 Å². The lowest BCUT2D eigenvalue weighted by atomic mass is 10.0. The van der Waals surface area contributed by atoms with Gasteiger partial charge in [-0.1, -0.05) is 18.5 Å². The number of hydrogen-bond acceptors (Lipinski definition) is 3. The fourth-order valence-electron chi connectivity index (χ4n) is 2.11. The quantitative estimate of drug-likeness (QED) is 0.855. The Hall–Kier alpha value is -0.900. The lowest BCUT2D eigenvalue weighted by Crippen LogP contribution is -2.24. The minimum absolute atomic E-state index is 0.333. The Morgan fingerprint density at radius 2 is 2.26 bits per heavy atom. The zero-order chi connectivity index (χ0) is 13.7. The molecule has 2 heterocycles. The molecule has 0 saturated carbocycles. The maximum absolute atomic E-state index is 6.22. The highest BCUT2D eigenvalue weighted by atomic mass is 35.5. The molecule has 2 aromatic rings. The van der Waals surface area contributed by atoms with Crippen molar-refractivity contribution >= 4 is 22.9 Å². The first-order chi connectivity index (χ1) is 9.22. The topological polar surface area (TPSA) is 24.9 Å². The van der Waals surface area contributed by atoms with Gasteiger partial charge in [-0.25, -0.2) is 0 Å². The second-order valence-electron chi connectivity index (χ2n) is 4.65. The first-order valence-corrected chi connectivity index (χ1v) is 7.84. The molecule has 0 aliphatic rings. The summed E-state index contributed by atoms with van der Waals surface area (Å²) in [6.07, 6.45) is 5.56. The third kappa shape index (κ3) is 3.78. The number of halogens is 1. The van der Waals surface area contributed by atoms with Crippen molar-refractivity contribution in [1.82, 2.24) is 10.3 Å². The smallest absolute Gasteiger partial charge is 0.0622 e. The molecule has 102 valence electrons. The third-order valence-corrected chi connectivity index (χ3v) is 4.61. The van der Waals surface area contributed by atoms with Crippen molar-refractivity contribution in [2.24, 2.45) is 0 Å². The fraction of sp³-hybridized carbons (Fsp3) is 0.400. The van der Waals surface area contributed by atoms with E-state index in [1.54, 1.807) is 12.4 Å². The molecule has 2 rings (SSSR count). The molecule has 1 atom stereocenters. The average Bonchev–Trinajstić information content (AvgIpc) is 2.83. The number of nitrogens with one attached hydrogen (secondary N) is 1. The van der Waals surface area contributed by atoms with E-state index in [2.05, 4.69) is 35.6 Å². The Bertz CT molecular complexity index is 524. The Morgan fingerprint density at radius 3 is 2.89 bits per heavy atom. The summed E-state index contributed by atoms with van der Waals surface area (Å²) < 4.78 is 0. The zero-order valence-corrected chi connectivity index (χ0v) is 12.9. The highest BCUT2D eigenvalue weighted by molar-refractivity contribution is 7.10. The molecule has 0 radical (unpaired) electrons. The second kappa shape index (κ2) is 7.04. The number of rotatable bonds is 6. The van der Waals surface area contributed by atoms with E-state index < -0.39 is 0 Å². The van der Waals surface area contributed by atoms with E-state index in [1.807, 2.05) is 17.4 Å². The summed E-state index contributed by atoms with van der Waals surface area (Å²) >= 11 is 8.03. The number of aryl methyl sites for hydroxylation is 1. The van der Waals surface area contributed by atoms with Crippen molar-refractivity contribution in [3.63, 3.8) is 0 Å². The van der Waals surface area contributed by atoms with E-state index in [0.29, 0.717) is 6.04 Å². The van der Waals surface area contributed by atoms with Gasteiger partial charge in [0.25, 0.3) is 0 Å². The van der Waals surface area contributed by atoms with Crippen LogP contribution in [0.25, 0.3) is 0 Å². The van der Waals surface area contributed by atoms with E-state index in [0.717, 1.165) is 30.0 Å². The van der Waals surface area contributed by atoms with Gasteiger partial charge in [-0.3, -0.25) is 4.98 Å². The Balaban J connectivity index is 2.19. The predicted molar refractivity (Wildman–Crippen MR) is 83.0 cm³/mol. The molecule has 1 unspecified atom stereocenters. The van der Waals surface area contributed by atoms with E-state index in [1.165, 1.54) is 10.4 Å². The summed E-state index contributed by atoms with van der Waals surface area (Å²) in [5.74, 6) is 0. The number of hydrogen-bond donors (Lipinski definition) is 1. The van der Waals surface area contributed by atoms with E-state index >= 15 is 0 Å². The molecule has 0 bridgehead atoms. The maximum Gasteiger partial charge on any atom is 0.0622 e. The molecule has 19 heavy (non-hydrogen) atoms. The van der Waals surface area contributed by atoms with Gasteiger partial charge in [-0.05, 0) is 54.9 Å². The zero-order valence-electron chi connectivity index (χ0n) is 11.3. The fourth-order valence-corrected chi connectivity index (χ4v) is 3.31. The normalized spacial score (nSPS) is 12.6. The molecule has 2 aromatic heterocycles. The summed E-state index contributed by atoms with van der Waals surface area (Å²) in [6, 6.07) is 4.51. The Kier molecular flexibility index (Phi) is 5.37. The standard InChI is InChI=1S/C15H19ClN2S/c1-3-6-18-14(15-11(2)5-8-19-15)9-12-4-7-17-10-13(12)16/h4-5,7-8,10,14,18H,3,6,9H2,1-2H3. The first-order valence-electron chi connectivity index (χ1n) is 6.58. The number of aromatic nitrogens is 1. The molecule has 0 aliphatic carbocycles. The van der Waals surface area contributed by atoms with Gasteiger partial charge in [0.05, 0.1) is 5.02 Å². The minimum atomic E-state index is 0.333. The largest absolute Gasteiger partial charge is 0.309 e. The first kappa shape index (κ1) is 14.5. The van der Waals surface area contributed by atoms with Crippen LogP contribution in [0.2, 0.25) is 5.02 Å². The van der Waals surface area contributed by atoms with Crippen LogP contribution in [0.15, 0.2) is 29.9 Å². The van der Waals surface area contributed by atoms with Crippen LogP contribution in [0.5, 0.6) is 0 Å². The number of thiophene rings is 1. The summed E-state index contributed by atoms with van der Waals surface area (Å²) in [5.41, 5.74) is 2.50. The van der Waals surface area contributed by atoms with Crippen LogP contribution < -0.4 is 5.32 Å². The molecule has 0 amide bonds. The molecular formula is C15H19ClN2S. The molecule has 0 spiro atoms. The van der Waals surface area contributed by atoms with Gasteiger partial charge in [0.15, 0.2) is 0 Å². The highest BCUT2D eigenvalue weighted by Crippen LogP contribution is 2.28. The van der Waals surface area contributed by atoms with Gasteiger partial charge in [-0.15, -0.1) is 11.3 Å².